The minimum atomic E-state index is -4.44. The lowest BCUT2D eigenvalue weighted by atomic mass is 10.1. The summed E-state index contributed by atoms with van der Waals surface area (Å²) in [5.41, 5.74) is -0.472. The number of hydrogen-bond acceptors (Lipinski definition) is 3. The van der Waals surface area contributed by atoms with Gasteiger partial charge < -0.3 is 4.74 Å². The second-order valence-corrected chi connectivity index (χ2v) is 4.77. The van der Waals surface area contributed by atoms with Crippen molar-refractivity contribution in [3.05, 3.63) is 47.2 Å². The van der Waals surface area contributed by atoms with Crippen LogP contribution in [0.5, 0.6) is 0 Å². The van der Waals surface area contributed by atoms with Crippen LogP contribution in [0.1, 0.15) is 24.0 Å². The molecule has 1 aliphatic carbocycles. The third kappa shape index (κ3) is 2.59. The number of esters is 1. The first-order chi connectivity index (χ1) is 9.43. The molecule has 0 saturated heterocycles. The lowest BCUT2D eigenvalue weighted by Gasteiger charge is -2.07. The maximum atomic E-state index is 12.6. The fraction of sp³-hybridized carbons (Fsp3) is 0.286. The van der Waals surface area contributed by atoms with Crippen LogP contribution >= 0.6 is 0 Å². The third-order valence-electron chi connectivity index (χ3n) is 3.07. The number of carbonyl (C=O) groups excluding carboxylic acids is 1. The summed E-state index contributed by atoms with van der Waals surface area (Å²) in [5.74, 6) is -0.348. The van der Waals surface area contributed by atoms with Crippen molar-refractivity contribution in [2.45, 2.75) is 19.0 Å². The molecule has 0 amide bonds. The second kappa shape index (κ2) is 4.47. The number of aliphatic imine (C=N–C) groups is 1. The van der Waals surface area contributed by atoms with Crippen molar-refractivity contribution >= 4 is 11.9 Å². The Kier molecular flexibility index (Phi) is 2.88. The number of halogens is 3. The van der Waals surface area contributed by atoms with Crippen LogP contribution in [0.2, 0.25) is 0 Å². The molecule has 3 nitrogen and oxygen atoms in total. The number of carbonyl (C=O) groups is 1. The predicted octanol–water partition coefficient (Wildman–Crippen LogP) is 3.30. The van der Waals surface area contributed by atoms with Crippen LogP contribution in [0.4, 0.5) is 13.2 Å². The average Bonchev–Trinajstić information content (AvgIpc) is 3.13. The Morgan fingerprint density at radius 3 is 2.70 bits per heavy atom. The van der Waals surface area contributed by atoms with Crippen LogP contribution < -0.4 is 0 Å². The molecule has 0 bridgehead atoms. The van der Waals surface area contributed by atoms with Gasteiger partial charge in [-0.05, 0) is 43.0 Å². The molecule has 0 spiro atoms. The van der Waals surface area contributed by atoms with Crippen LogP contribution in [0.15, 0.2) is 41.0 Å². The first kappa shape index (κ1) is 12.9. The Bertz CT molecular complexity index is 628. The third-order valence-corrected chi connectivity index (χ3v) is 3.07. The van der Waals surface area contributed by atoms with Crippen molar-refractivity contribution in [2.75, 3.05) is 0 Å². The molecule has 1 aliphatic heterocycles. The molecule has 1 saturated carbocycles. The summed E-state index contributed by atoms with van der Waals surface area (Å²) < 4.78 is 42.8. The van der Waals surface area contributed by atoms with Crippen LogP contribution in [0, 0.1) is 5.92 Å². The molecule has 0 atom stereocenters. The molecule has 104 valence electrons. The molecule has 0 aromatic heterocycles. The lowest BCUT2D eigenvalue weighted by Crippen LogP contribution is -2.09. The first-order valence-corrected chi connectivity index (χ1v) is 6.14. The van der Waals surface area contributed by atoms with Gasteiger partial charge >= 0.3 is 12.1 Å². The molecule has 0 unspecified atom stereocenters. The minimum absolute atomic E-state index is 0.0759. The topological polar surface area (TPSA) is 38.7 Å². The molecule has 20 heavy (non-hydrogen) atoms. The van der Waals surface area contributed by atoms with E-state index in [0.29, 0.717) is 5.92 Å². The monoisotopic (exact) mass is 281 g/mol. The number of nitrogens with zero attached hydrogens (tertiary/aromatic N) is 1. The van der Waals surface area contributed by atoms with E-state index in [9.17, 15) is 18.0 Å². The van der Waals surface area contributed by atoms with Gasteiger partial charge in [0.05, 0.1) is 5.56 Å². The molecule has 1 aromatic carbocycles. The van der Waals surface area contributed by atoms with Gasteiger partial charge in [0.1, 0.15) is 5.70 Å². The van der Waals surface area contributed by atoms with Crippen LogP contribution in [0.25, 0.3) is 0 Å². The van der Waals surface area contributed by atoms with Gasteiger partial charge in [-0.1, -0.05) is 6.07 Å². The molecule has 6 heteroatoms. The summed E-state index contributed by atoms with van der Waals surface area (Å²) in [5, 5.41) is 0. The van der Waals surface area contributed by atoms with Crippen molar-refractivity contribution in [1.29, 1.82) is 0 Å². The summed E-state index contributed by atoms with van der Waals surface area (Å²) in [6.45, 7) is 0. The van der Waals surface area contributed by atoms with E-state index < -0.39 is 17.7 Å². The minimum Gasteiger partial charge on any atom is -0.402 e. The van der Waals surface area contributed by atoms with Crippen molar-refractivity contribution < 1.29 is 22.7 Å². The van der Waals surface area contributed by atoms with E-state index in [1.54, 1.807) is 6.08 Å². The second-order valence-electron chi connectivity index (χ2n) is 4.77. The van der Waals surface area contributed by atoms with E-state index in [-0.39, 0.29) is 17.2 Å². The predicted molar refractivity (Wildman–Crippen MR) is 64.9 cm³/mol. The summed E-state index contributed by atoms with van der Waals surface area (Å²) in [6.07, 6.45) is -0.717. The van der Waals surface area contributed by atoms with Gasteiger partial charge in [0.25, 0.3) is 0 Å². The average molecular weight is 281 g/mol. The zero-order chi connectivity index (χ0) is 14.3. The zero-order valence-corrected chi connectivity index (χ0v) is 10.3. The van der Waals surface area contributed by atoms with Gasteiger partial charge in [-0.2, -0.15) is 13.2 Å². The Morgan fingerprint density at radius 1 is 1.30 bits per heavy atom. The van der Waals surface area contributed by atoms with Gasteiger partial charge in [-0.25, -0.2) is 9.79 Å². The highest BCUT2D eigenvalue weighted by atomic mass is 19.4. The Balaban J connectivity index is 1.92. The summed E-state index contributed by atoms with van der Waals surface area (Å²) >= 11 is 0. The maximum absolute atomic E-state index is 12.6. The number of hydrogen-bond donors (Lipinski definition) is 0. The van der Waals surface area contributed by atoms with E-state index in [0.717, 1.165) is 25.0 Å². The first-order valence-electron chi connectivity index (χ1n) is 6.14. The molecule has 1 fully saturated rings. The summed E-state index contributed by atoms with van der Waals surface area (Å²) in [4.78, 5) is 15.6. The lowest BCUT2D eigenvalue weighted by molar-refractivity contribution is -0.137. The molecule has 1 aromatic rings. The highest BCUT2D eigenvalue weighted by Gasteiger charge is 2.32. The molecular weight excluding hydrogens is 271 g/mol. The SMILES string of the molecule is O=C1OC(c2cccc(C(F)(F)F)c2)=N/C1=C/C1CC1. The number of cyclic esters (lactones) is 1. The molecule has 1 heterocycles. The standard InChI is InChI=1S/C14H10F3NO2/c15-14(16,17)10-3-1-2-9(7-10)12-18-11(13(19)20-12)6-8-4-5-8/h1-3,6-8H,4-5H2/b11-6+. The highest BCUT2D eigenvalue weighted by molar-refractivity contribution is 6.11. The zero-order valence-electron chi connectivity index (χ0n) is 10.3. The number of allylic oxidation sites excluding steroid dienone is 1. The molecular formula is C14H10F3NO2. The van der Waals surface area contributed by atoms with Gasteiger partial charge in [0.15, 0.2) is 0 Å². The van der Waals surface area contributed by atoms with Crippen LogP contribution in [-0.2, 0) is 15.7 Å². The van der Waals surface area contributed by atoms with E-state index >= 15 is 0 Å². The van der Waals surface area contributed by atoms with E-state index in [1.165, 1.54) is 12.1 Å². The number of alkyl halides is 3. The number of rotatable bonds is 2. The van der Waals surface area contributed by atoms with Gasteiger partial charge in [-0.3, -0.25) is 0 Å². The quantitative estimate of drug-likeness (QED) is 0.616. The Hall–Kier alpha value is -2.11. The fourth-order valence-electron chi connectivity index (χ4n) is 1.86. The molecule has 0 radical (unpaired) electrons. The summed E-state index contributed by atoms with van der Waals surface area (Å²) in [7, 11) is 0. The maximum Gasteiger partial charge on any atom is 0.416 e. The fourth-order valence-corrected chi connectivity index (χ4v) is 1.86. The van der Waals surface area contributed by atoms with Crippen molar-refractivity contribution in [2.24, 2.45) is 10.9 Å². The van der Waals surface area contributed by atoms with E-state index in [1.807, 2.05) is 0 Å². The van der Waals surface area contributed by atoms with Crippen molar-refractivity contribution in [1.82, 2.24) is 0 Å². The number of ether oxygens (including phenoxy) is 1. The number of benzene rings is 1. The van der Waals surface area contributed by atoms with Gasteiger partial charge in [0, 0.05) is 5.56 Å². The van der Waals surface area contributed by atoms with E-state index in [2.05, 4.69) is 4.99 Å². The van der Waals surface area contributed by atoms with Gasteiger partial charge in [0.2, 0.25) is 5.90 Å². The summed E-state index contributed by atoms with van der Waals surface area (Å²) in [6, 6.07) is 4.58. The van der Waals surface area contributed by atoms with Crippen LogP contribution in [0.3, 0.4) is 0 Å². The van der Waals surface area contributed by atoms with E-state index in [4.69, 9.17) is 4.74 Å². The van der Waals surface area contributed by atoms with Gasteiger partial charge in [-0.15, -0.1) is 0 Å². The molecule has 0 N–H and O–H groups in total. The van der Waals surface area contributed by atoms with Crippen LogP contribution in [-0.4, -0.2) is 11.9 Å². The van der Waals surface area contributed by atoms with Crippen molar-refractivity contribution in [3.8, 4) is 0 Å². The van der Waals surface area contributed by atoms with Crippen molar-refractivity contribution in [3.63, 3.8) is 0 Å². The highest BCUT2D eigenvalue weighted by Crippen LogP contribution is 2.33. The normalized spacial score (nSPS) is 21.1. The Morgan fingerprint density at radius 2 is 2.05 bits per heavy atom. The molecule has 3 rings (SSSR count). The largest absolute Gasteiger partial charge is 0.416 e. The Labute approximate surface area is 112 Å². The molecule has 2 aliphatic rings. The smallest absolute Gasteiger partial charge is 0.402 e.